The van der Waals surface area contributed by atoms with E-state index in [0.29, 0.717) is 45.1 Å². The molecular weight excluding hydrogens is 644 g/mol. The fraction of sp³-hybridized carbons (Fsp3) is 0.306. The minimum absolute atomic E-state index is 0.187. The maximum Gasteiger partial charge on any atom is 0.246 e. The largest absolute Gasteiger partial charge is 0.497 e. The van der Waals surface area contributed by atoms with E-state index in [4.69, 9.17) is 19.2 Å². The highest BCUT2D eigenvalue weighted by Crippen LogP contribution is 2.38. The fourth-order valence-corrected chi connectivity index (χ4v) is 7.05. The van der Waals surface area contributed by atoms with Crippen molar-refractivity contribution < 1.29 is 28.9 Å². The molecule has 0 saturated carbocycles. The number of hydrogen-bond acceptors (Lipinski definition) is 12. The molecule has 2 N–H and O–H groups in total. The van der Waals surface area contributed by atoms with Gasteiger partial charge >= 0.3 is 0 Å². The van der Waals surface area contributed by atoms with Gasteiger partial charge in [-0.25, -0.2) is 9.97 Å². The standard InChI is InChI=1S/C36H36N6O6S/c1-41-33(43)12-10-30(36(41)45)42-21-24-17-26(5-7-27(24)35(42)44)48-16-15-47-14-13-37-32-11-4-23(20-39-32)22-3-8-29(38-19-22)34-40-28-9-6-25(46-2)18-31(28)49-34/h3-9,11,17-20,30,35,44H,10,12-16,21H2,1-2H3,(H,37,39). The van der Waals surface area contributed by atoms with Gasteiger partial charge in [-0.3, -0.25) is 24.4 Å². The molecule has 13 heteroatoms. The second-order valence-electron chi connectivity index (χ2n) is 11.9. The molecule has 0 spiro atoms. The number of methoxy groups -OCH3 is 1. The summed E-state index contributed by atoms with van der Waals surface area (Å²) in [4.78, 5) is 41.3. The van der Waals surface area contributed by atoms with Crippen LogP contribution in [0.25, 0.3) is 32.0 Å². The Kier molecular flexibility index (Phi) is 9.49. The van der Waals surface area contributed by atoms with Gasteiger partial charge in [-0.15, -0.1) is 11.3 Å². The van der Waals surface area contributed by atoms with Gasteiger partial charge in [0, 0.05) is 55.6 Å². The lowest BCUT2D eigenvalue weighted by Crippen LogP contribution is -2.52. The predicted molar refractivity (Wildman–Crippen MR) is 185 cm³/mol. The van der Waals surface area contributed by atoms with E-state index >= 15 is 0 Å². The molecule has 0 bridgehead atoms. The lowest BCUT2D eigenvalue weighted by Gasteiger charge is -2.35. The van der Waals surface area contributed by atoms with Crippen LogP contribution in [0, 0.1) is 0 Å². The third-order valence-corrected chi connectivity index (χ3v) is 9.85. The molecule has 2 atom stereocenters. The Morgan fingerprint density at radius 1 is 0.959 bits per heavy atom. The van der Waals surface area contributed by atoms with Crippen molar-refractivity contribution in [3.63, 3.8) is 0 Å². The molecule has 7 rings (SSSR count). The van der Waals surface area contributed by atoms with Crippen LogP contribution in [-0.2, 0) is 20.9 Å². The zero-order valence-corrected chi connectivity index (χ0v) is 28.0. The summed E-state index contributed by atoms with van der Waals surface area (Å²) in [6, 6.07) is 18.8. The summed E-state index contributed by atoms with van der Waals surface area (Å²) in [7, 11) is 3.15. The van der Waals surface area contributed by atoms with Gasteiger partial charge in [0.25, 0.3) is 0 Å². The monoisotopic (exact) mass is 680 g/mol. The van der Waals surface area contributed by atoms with E-state index in [0.717, 1.165) is 59.6 Å². The van der Waals surface area contributed by atoms with Crippen molar-refractivity contribution in [1.29, 1.82) is 0 Å². The number of amides is 2. The number of pyridine rings is 2. The lowest BCUT2D eigenvalue weighted by molar-refractivity contribution is -0.155. The number of carbonyl (C=O) groups excluding carboxylic acids is 2. The second kappa shape index (κ2) is 14.3. The molecule has 2 aliphatic rings. The predicted octanol–water partition coefficient (Wildman–Crippen LogP) is 4.89. The highest BCUT2D eigenvalue weighted by Gasteiger charge is 2.42. The number of imide groups is 1. The SMILES string of the molecule is COc1ccc2nc(-c3ccc(-c4ccc(NCCOCCOc5ccc6c(c5)CN(C5CCC(=O)N(C)C5=O)C6O)nc4)cn3)sc2c1. The number of benzene rings is 2. The van der Waals surface area contributed by atoms with E-state index in [2.05, 4.69) is 15.3 Å². The number of likely N-dealkylation sites (N-methyl/N-ethyl adjacent to an activating group) is 1. The molecule has 1 fully saturated rings. The molecule has 5 heterocycles. The summed E-state index contributed by atoms with van der Waals surface area (Å²) in [5.41, 5.74) is 5.33. The van der Waals surface area contributed by atoms with E-state index < -0.39 is 12.3 Å². The molecule has 12 nitrogen and oxygen atoms in total. The Balaban J connectivity index is 0.829. The first-order chi connectivity index (χ1) is 23.9. The van der Waals surface area contributed by atoms with E-state index in [1.807, 2.05) is 73.1 Å². The number of hydrogen-bond donors (Lipinski definition) is 2. The Labute approximate surface area is 287 Å². The molecule has 2 unspecified atom stereocenters. The average Bonchev–Trinajstić information content (AvgIpc) is 3.70. The number of ether oxygens (including phenoxy) is 3. The Hall–Kier alpha value is -4.95. The van der Waals surface area contributed by atoms with Gasteiger partial charge in [-0.2, -0.15) is 0 Å². The van der Waals surface area contributed by atoms with Crippen molar-refractivity contribution in [3.05, 3.63) is 84.2 Å². The van der Waals surface area contributed by atoms with Crippen LogP contribution in [0.2, 0.25) is 0 Å². The summed E-state index contributed by atoms with van der Waals surface area (Å²) in [6.45, 7) is 2.25. The van der Waals surface area contributed by atoms with Gasteiger partial charge in [0.1, 0.15) is 35.2 Å². The van der Waals surface area contributed by atoms with E-state index in [1.165, 1.54) is 7.05 Å². The summed E-state index contributed by atoms with van der Waals surface area (Å²) >= 11 is 1.59. The molecule has 2 amide bonds. The van der Waals surface area contributed by atoms with E-state index in [-0.39, 0.29) is 18.2 Å². The van der Waals surface area contributed by atoms with Crippen molar-refractivity contribution in [1.82, 2.24) is 24.8 Å². The molecule has 0 aliphatic carbocycles. The maximum absolute atomic E-state index is 12.7. The smallest absolute Gasteiger partial charge is 0.246 e. The number of nitrogens with one attached hydrogen (secondary N) is 1. The van der Waals surface area contributed by atoms with Crippen LogP contribution in [0.4, 0.5) is 5.82 Å². The Morgan fingerprint density at radius 3 is 2.55 bits per heavy atom. The molecule has 252 valence electrons. The molecule has 49 heavy (non-hydrogen) atoms. The number of thiazole rings is 1. The lowest BCUT2D eigenvalue weighted by atomic mass is 10.0. The summed E-state index contributed by atoms with van der Waals surface area (Å²) in [5, 5.41) is 15.0. The zero-order valence-electron chi connectivity index (χ0n) is 27.2. The molecule has 1 saturated heterocycles. The third-order valence-electron chi connectivity index (χ3n) is 8.81. The normalized spacial score (nSPS) is 17.8. The minimum Gasteiger partial charge on any atom is -0.497 e. The quantitative estimate of drug-likeness (QED) is 0.138. The van der Waals surface area contributed by atoms with Crippen LogP contribution in [0.3, 0.4) is 0 Å². The zero-order chi connectivity index (χ0) is 33.9. The first-order valence-corrected chi connectivity index (χ1v) is 16.9. The van der Waals surface area contributed by atoms with Crippen molar-refractivity contribution in [2.24, 2.45) is 0 Å². The minimum atomic E-state index is -0.897. The molecule has 2 aliphatic heterocycles. The number of aromatic nitrogens is 3. The van der Waals surface area contributed by atoms with Gasteiger partial charge in [0.15, 0.2) is 0 Å². The van der Waals surface area contributed by atoms with Crippen LogP contribution in [0.15, 0.2) is 73.1 Å². The van der Waals surface area contributed by atoms with Gasteiger partial charge in [0.2, 0.25) is 11.8 Å². The van der Waals surface area contributed by atoms with Crippen molar-refractivity contribution in [3.8, 4) is 33.3 Å². The maximum atomic E-state index is 12.7. The Morgan fingerprint density at radius 2 is 1.78 bits per heavy atom. The number of carbonyl (C=O) groups is 2. The Bertz CT molecular complexity index is 1970. The number of likely N-dealkylation sites (tertiary alicyclic amines) is 1. The number of rotatable bonds is 12. The second-order valence-corrected chi connectivity index (χ2v) is 12.9. The number of piperidine rings is 1. The third kappa shape index (κ3) is 6.97. The van der Waals surface area contributed by atoms with Crippen molar-refractivity contribution in [2.75, 3.05) is 45.8 Å². The molecular formula is C36H36N6O6S. The van der Waals surface area contributed by atoms with Crippen LogP contribution in [0.1, 0.15) is 30.2 Å². The number of nitrogens with zero attached hydrogens (tertiary/aromatic N) is 5. The van der Waals surface area contributed by atoms with Gasteiger partial charge in [-0.05, 0) is 60.5 Å². The highest BCUT2D eigenvalue weighted by molar-refractivity contribution is 7.21. The van der Waals surface area contributed by atoms with Gasteiger partial charge < -0.3 is 24.6 Å². The number of aliphatic hydroxyl groups is 1. The number of aliphatic hydroxyl groups excluding tert-OH is 1. The summed E-state index contributed by atoms with van der Waals surface area (Å²) in [6.07, 6.45) is 3.45. The molecule has 5 aromatic rings. The molecule has 3 aromatic heterocycles. The topological polar surface area (TPSA) is 139 Å². The summed E-state index contributed by atoms with van der Waals surface area (Å²) < 4.78 is 18.0. The number of fused-ring (bicyclic) bond motifs is 2. The van der Waals surface area contributed by atoms with Crippen LogP contribution in [0.5, 0.6) is 11.5 Å². The van der Waals surface area contributed by atoms with Crippen molar-refractivity contribution >= 4 is 39.2 Å². The molecule has 2 aromatic carbocycles. The first kappa shape index (κ1) is 32.6. The van der Waals surface area contributed by atoms with Crippen LogP contribution >= 0.6 is 11.3 Å². The average molecular weight is 681 g/mol. The summed E-state index contributed by atoms with van der Waals surface area (Å²) in [5.74, 6) is 1.77. The highest BCUT2D eigenvalue weighted by atomic mass is 32.1. The fourth-order valence-electron chi connectivity index (χ4n) is 6.08. The molecule has 0 radical (unpaired) electrons. The number of anilines is 1. The van der Waals surface area contributed by atoms with Gasteiger partial charge in [-0.1, -0.05) is 12.1 Å². The van der Waals surface area contributed by atoms with Crippen molar-refractivity contribution in [2.45, 2.75) is 31.7 Å². The van der Waals surface area contributed by atoms with Crippen LogP contribution in [-0.4, -0.2) is 88.2 Å². The van der Waals surface area contributed by atoms with E-state index in [1.54, 1.807) is 23.3 Å². The van der Waals surface area contributed by atoms with E-state index in [9.17, 15) is 14.7 Å². The van der Waals surface area contributed by atoms with Gasteiger partial charge in [0.05, 0.1) is 42.3 Å². The first-order valence-electron chi connectivity index (χ1n) is 16.1. The van der Waals surface area contributed by atoms with Crippen LogP contribution < -0.4 is 14.8 Å².